The number of carbonyl (C=O) groups is 1. The van der Waals surface area contributed by atoms with Gasteiger partial charge >= 0.3 is 0 Å². The van der Waals surface area contributed by atoms with Gasteiger partial charge in [-0.1, -0.05) is 12.2 Å². The monoisotopic (exact) mass is 197 g/mol. The Bertz CT molecular complexity index is 178. The molecule has 0 rings (SSSR count). The molecule has 0 radical (unpaired) electrons. The van der Waals surface area contributed by atoms with Gasteiger partial charge in [-0.25, -0.2) is 0 Å². The van der Waals surface area contributed by atoms with E-state index in [1.54, 1.807) is 0 Å². The summed E-state index contributed by atoms with van der Waals surface area (Å²) in [6.07, 6.45) is 9.82. The Kier molecular flexibility index (Phi) is 7.03. The smallest absolute Gasteiger partial charge is 0.139 e. The Hall–Kier alpha value is -0.890. The van der Waals surface area contributed by atoms with Gasteiger partial charge in [-0.3, -0.25) is 0 Å². The van der Waals surface area contributed by atoms with E-state index in [1.165, 1.54) is 0 Å². The number of aldehydes is 1. The molecule has 0 saturated heterocycles. The molecule has 0 aromatic rings. The molecule has 82 valence electrons. The number of carbonyl (C=O) groups excluding carboxylic acids is 1. The van der Waals surface area contributed by atoms with Gasteiger partial charge in [-0.2, -0.15) is 0 Å². The van der Waals surface area contributed by atoms with Crippen molar-refractivity contribution >= 4 is 6.29 Å². The highest BCUT2D eigenvalue weighted by molar-refractivity contribution is 5.63. The number of nitrogens with two attached hydrogens (primary N) is 1. The molecular formula is C12H23NO. The molecule has 0 saturated carbocycles. The highest BCUT2D eigenvalue weighted by Gasteiger charge is 2.22. The zero-order valence-corrected chi connectivity index (χ0v) is 8.87. The molecule has 0 heterocycles. The zero-order valence-electron chi connectivity index (χ0n) is 8.87. The molecule has 14 heavy (non-hydrogen) atoms. The normalized spacial score (nSPS) is 10.9. The lowest BCUT2D eigenvalue weighted by atomic mass is 9.89. The van der Waals surface area contributed by atoms with E-state index in [4.69, 9.17) is 5.73 Å². The summed E-state index contributed by atoms with van der Waals surface area (Å²) >= 11 is 0. The number of unbranched alkanes of at least 4 members (excludes halogenated alkanes) is 2. The second-order valence-electron chi connectivity index (χ2n) is 3.71. The summed E-state index contributed by atoms with van der Waals surface area (Å²) in [6.45, 7) is 7.28. The third kappa shape index (κ3) is 5.70. The molecule has 0 fully saturated rings. The molecule has 0 unspecified atom stereocenters. The first-order valence-corrected chi connectivity index (χ1v) is 5.15. The molecular weight excluding hydrogens is 174 g/mol. The third-order valence-electron chi connectivity index (χ3n) is 2.34. The fourth-order valence-corrected chi connectivity index (χ4v) is 1.39. The zero-order chi connectivity index (χ0) is 10.9. The number of hydrogen-bond donors (Lipinski definition) is 1. The van der Waals surface area contributed by atoms with Gasteiger partial charge in [0.15, 0.2) is 0 Å². The molecule has 0 bridgehead atoms. The van der Waals surface area contributed by atoms with Gasteiger partial charge < -0.3 is 10.5 Å². The van der Waals surface area contributed by atoms with Crippen LogP contribution < -0.4 is 5.73 Å². The van der Waals surface area contributed by atoms with Crippen LogP contribution in [0.4, 0.5) is 0 Å². The van der Waals surface area contributed by atoms with Crippen molar-refractivity contribution in [3.63, 3.8) is 0 Å². The highest BCUT2D eigenvalue weighted by Crippen LogP contribution is 2.16. The van der Waals surface area contributed by atoms with E-state index in [1.807, 2.05) is 12.2 Å². The Morgan fingerprint density at radius 3 is 1.86 bits per heavy atom. The van der Waals surface area contributed by atoms with Crippen LogP contribution >= 0.6 is 0 Å². The standard InChI is InChI=1S/C12H21NO.H2/c1-3-5-7-9-12(13,11-14)10-8-6-4-2;/h3-4,11H,1-2,5-10,13H2;1H. The number of hydrogen-bond acceptors (Lipinski definition) is 2. The van der Waals surface area contributed by atoms with E-state index in [0.29, 0.717) is 0 Å². The quantitative estimate of drug-likeness (QED) is 0.351. The van der Waals surface area contributed by atoms with Crippen molar-refractivity contribution < 1.29 is 6.22 Å². The van der Waals surface area contributed by atoms with Crippen LogP contribution in [-0.2, 0) is 4.79 Å². The first kappa shape index (κ1) is 13.1. The summed E-state index contributed by atoms with van der Waals surface area (Å²) < 4.78 is 0. The Morgan fingerprint density at radius 2 is 1.57 bits per heavy atom. The van der Waals surface area contributed by atoms with Crippen molar-refractivity contribution in [1.82, 2.24) is 0 Å². The van der Waals surface area contributed by atoms with E-state index in [0.717, 1.165) is 44.8 Å². The second kappa shape index (κ2) is 7.51. The van der Waals surface area contributed by atoms with Crippen LogP contribution in [0.25, 0.3) is 0 Å². The molecule has 0 aliphatic heterocycles. The molecule has 2 N–H and O–H groups in total. The molecule has 0 amide bonds. The van der Waals surface area contributed by atoms with Gasteiger partial charge in [0, 0.05) is 1.43 Å². The van der Waals surface area contributed by atoms with Crippen LogP contribution in [0.1, 0.15) is 40.0 Å². The molecule has 0 aromatic heterocycles. The molecule has 0 atom stereocenters. The minimum atomic E-state index is -0.633. The van der Waals surface area contributed by atoms with Gasteiger partial charge in [0.25, 0.3) is 0 Å². The fraction of sp³-hybridized carbons (Fsp3) is 0.583. The first-order valence-electron chi connectivity index (χ1n) is 5.15. The Balaban J connectivity index is 0. The van der Waals surface area contributed by atoms with Gasteiger partial charge in [0.1, 0.15) is 6.29 Å². The lowest BCUT2D eigenvalue weighted by Crippen LogP contribution is -2.41. The Morgan fingerprint density at radius 1 is 1.14 bits per heavy atom. The van der Waals surface area contributed by atoms with Crippen LogP contribution in [0.3, 0.4) is 0 Å². The highest BCUT2D eigenvalue weighted by atomic mass is 16.1. The minimum absolute atomic E-state index is 0. The first-order chi connectivity index (χ1) is 6.68. The van der Waals surface area contributed by atoms with Crippen LogP contribution in [0.15, 0.2) is 25.3 Å². The Labute approximate surface area is 88.4 Å². The number of allylic oxidation sites excluding steroid dienone is 2. The van der Waals surface area contributed by atoms with Crippen molar-refractivity contribution in [1.29, 1.82) is 0 Å². The molecule has 2 heteroatoms. The summed E-state index contributed by atoms with van der Waals surface area (Å²) in [5, 5.41) is 0. The lowest BCUT2D eigenvalue weighted by molar-refractivity contribution is -0.112. The predicted molar refractivity (Wildman–Crippen MR) is 63.2 cm³/mol. The van der Waals surface area contributed by atoms with E-state index in [-0.39, 0.29) is 1.43 Å². The number of rotatable bonds is 9. The van der Waals surface area contributed by atoms with Gasteiger partial charge in [-0.15, -0.1) is 13.2 Å². The second-order valence-corrected chi connectivity index (χ2v) is 3.71. The SMILES string of the molecule is C=CCCCC(N)(C=O)CCCC=C.[HH]. The maximum Gasteiger partial charge on any atom is 0.139 e. The molecule has 0 spiro atoms. The summed E-state index contributed by atoms with van der Waals surface area (Å²) in [6, 6.07) is 0. The fourth-order valence-electron chi connectivity index (χ4n) is 1.39. The average Bonchev–Trinajstić information content (AvgIpc) is 2.19. The van der Waals surface area contributed by atoms with Crippen LogP contribution in [0.2, 0.25) is 0 Å². The summed E-state index contributed by atoms with van der Waals surface area (Å²) in [5.41, 5.74) is 5.31. The maximum atomic E-state index is 10.8. The minimum Gasteiger partial charge on any atom is -0.319 e. The van der Waals surface area contributed by atoms with Gasteiger partial charge in [0.05, 0.1) is 5.54 Å². The molecule has 0 aromatic carbocycles. The van der Waals surface area contributed by atoms with Crippen molar-refractivity contribution in [3.8, 4) is 0 Å². The summed E-state index contributed by atoms with van der Waals surface area (Å²) in [4.78, 5) is 10.8. The third-order valence-corrected chi connectivity index (χ3v) is 2.34. The van der Waals surface area contributed by atoms with Crippen LogP contribution in [-0.4, -0.2) is 11.8 Å². The maximum absolute atomic E-state index is 10.8. The van der Waals surface area contributed by atoms with E-state index >= 15 is 0 Å². The molecule has 0 aliphatic rings. The lowest BCUT2D eigenvalue weighted by Gasteiger charge is -2.22. The van der Waals surface area contributed by atoms with Crippen LogP contribution in [0.5, 0.6) is 0 Å². The summed E-state index contributed by atoms with van der Waals surface area (Å²) in [7, 11) is 0. The van der Waals surface area contributed by atoms with Crippen molar-refractivity contribution in [2.24, 2.45) is 5.73 Å². The van der Waals surface area contributed by atoms with Crippen molar-refractivity contribution in [3.05, 3.63) is 25.3 Å². The molecule has 2 nitrogen and oxygen atoms in total. The van der Waals surface area contributed by atoms with E-state index in [2.05, 4.69) is 13.2 Å². The van der Waals surface area contributed by atoms with Crippen LogP contribution in [0, 0.1) is 0 Å². The van der Waals surface area contributed by atoms with Crippen molar-refractivity contribution in [2.45, 2.75) is 44.1 Å². The van der Waals surface area contributed by atoms with Gasteiger partial charge in [-0.05, 0) is 38.5 Å². The van der Waals surface area contributed by atoms with Crippen molar-refractivity contribution in [2.75, 3.05) is 0 Å². The summed E-state index contributed by atoms with van der Waals surface area (Å²) in [5.74, 6) is 0. The van der Waals surface area contributed by atoms with E-state index in [9.17, 15) is 4.79 Å². The van der Waals surface area contributed by atoms with E-state index < -0.39 is 5.54 Å². The molecule has 0 aliphatic carbocycles. The largest absolute Gasteiger partial charge is 0.319 e. The average molecular weight is 197 g/mol. The topological polar surface area (TPSA) is 43.1 Å². The predicted octanol–water partition coefficient (Wildman–Crippen LogP) is 2.84. The van der Waals surface area contributed by atoms with Gasteiger partial charge in [0.2, 0.25) is 0 Å².